The summed E-state index contributed by atoms with van der Waals surface area (Å²) < 4.78 is 0. The predicted octanol–water partition coefficient (Wildman–Crippen LogP) is 3.13. The van der Waals surface area contributed by atoms with Crippen LogP contribution in [0, 0.1) is 17.2 Å². The van der Waals surface area contributed by atoms with Gasteiger partial charge in [-0.15, -0.1) is 0 Å². The molecule has 2 heteroatoms. The summed E-state index contributed by atoms with van der Waals surface area (Å²) in [5, 5.41) is 9.04. The Balaban J connectivity index is 1.99. The Kier molecular flexibility index (Phi) is 2.76. The number of nitrogens with zero attached hydrogens (tertiary/aromatic N) is 2. The number of fused-ring (bicyclic) bond motifs is 2. The van der Waals surface area contributed by atoms with Gasteiger partial charge >= 0.3 is 0 Å². The first kappa shape index (κ1) is 10.7. The van der Waals surface area contributed by atoms with Gasteiger partial charge in [-0.2, -0.15) is 5.26 Å². The molecule has 1 heterocycles. The molecule has 2 atom stereocenters. The summed E-state index contributed by atoms with van der Waals surface area (Å²) in [6, 6.07) is 11.6. The Morgan fingerprint density at radius 3 is 2.94 bits per heavy atom. The van der Waals surface area contributed by atoms with Crippen molar-refractivity contribution < 1.29 is 0 Å². The van der Waals surface area contributed by atoms with Crippen molar-refractivity contribution in [1.82, 2.24) is 0 Å². The van der Waals surface area contributed by atoms with E-state index >= 15 is 0 Å². The van der Waals surface area contributed by atoms with E-state index in [0.29, 0.717) is 12.6 Å². The topological polar surface area (TPSA) is 27.0 Å². The first-order valence-electron chi connectivity index (χ1n) is 6.61. The lowest BCUT2D eigenvalue weighted by Crippen LogP contribution is -2.47. The average molecular weight is 226 g/mol. The van der Waals surface area contributed by atoms with Crippen molar-refractivity contribution in [2.75, 3.05) is 11.4 Å². The van der Waals surface area contributed by atoms with E-state index in [1.165, 1.54) is 43.4 Å². The van der Waals surface area contributed by atoms with Crippen LogP contribution in [0.2, 0.25) is 0 Å². The molecule has 0 aromatic heterocycles. The van der Waals surface area contributed by atoms with Crippen LogP contribution in [0.5, 0.6) is 0 Å². The van der Waals surface area contributed by atoms with Gasteiger partial charge in [0.05, 0.1) is 6.07 Å². The molecule has 1 saturated carbocycles. The third-order valence-electron chi connectivity index (χ3n) is 4.29. The van der Waals surface area contributed by atoms with Gasteiger partial charge in [-0.3, -0.25) is 0 Å². The normalized spacial score (nSPS) is 26.9. The van der Waals surface area contributed by atoms with Crippen molar-refractivity contribution in [3.05, 3.63) is 29.8 Å². The molecule has 0 bridgehead atoms. The number of rotatable bonds is 1. The third-order valence-corrected chi connectivity index (χ3v) is 4.29. The zero-order chi connectivity index (χ0) is 11.7. The predicted molar refractivity (Wildman–Crippen MR) is 68.9 cm³/mol. The fourth-order valence-electron chi connectivity index (χ4n) is 3.54. The van der Waals surface area contributed by atoms with Crippen molar-refractivity contribution in [2.45, 2.75) is 38.1 Å². The number of benzene rings is 1. The summed E-state index contributed by atoms with van der Waals surface area (Å²) in [6.45, 7) is 0.540. The van der Waals surface area contributed by atoms with Crippen molar-refractivity contribution in [3.63, 3.8) is 0 Å². The van der Waals surface area contributed by atoms with Crippen LogP contribution in [0.15, 0.2) is 24.3 Å². The molecular formula is C15H18N2. The molecule has 2 nitrogen and oxygen atoms in total. The number of para-hydroxylation sites is 1. The summed E-state index contributed by atoms with van der Waals surface area (Å²) in [5.74, 6) is 0.770. The fourth-order valence-corrected chi connectivity index (χ4v) is 3.54. The largest absolute Gasteiger partial charge is 0.355 e. The molecule has 3 rings (SSSR count). The average Bonchev–Trinajstić information content (AvgIpc) is 2.39. The molecule has 2 aliphatic rings. The number of anilines is 1. The van der Waals surface area contributed by atoms with Crippen molar-refractivity contribution in [2.24, 2.45) is 5.92 Å². The molecular weight excluding hydrogens is 208 g/mol. The number of nitriles is 1. The molecule has 0 amide bonds. The molecule has 0 saturated heterocycles. The molecule has 88 valence electrons. The van der Waals surface area contributed by atoms with Crippen molar-refractivity contribution in [3.8, 4) is 6.07 Å². The SMILES string of the molecule is N#CCN1c2ccccc2CC2CCCCC21. The smallest absolute Gasteiger partial charge is 0.106 e. The molecule has 0 N–H and O–H groups in total. The second kappa shape index (κ2) is 4.41. The highest BCUT2D eigenvalue weighted by Gasteiger charge is 2.35. The van der Waals surface area contributed by atoms with E-state index in [-0.39, 0.29) is 0 Å². The maximum Gasteiger partial charge on any atom is 0.106 e. The lowest BCUT2D eigenvalue weighted by molar-refractivity contribution is 0.283. The summed E-state index contributed by atoms with van der Waals surface area (Å²) in [4.78, 5) is 2.35. The Labute approximate surface area is 103 Å². The van der Waals surface area contributed by atoms with E-state index in [9.17, 15) is 0 Å². The molecule has 1 aromatic carbocycles. The van der Waals surface area contributed by atoms with Gasteiger partial charge in [0.25, 0.3) is 0 Å². The van der Waals surface area contributed by atoms with Gasteiger partial charge in [-0.1, -0.05) is 31.0 Å². The summed E-state index contributed by atoms with van der Waals surface area (Å²) in [7, 11) is 0. The quantitative estimate of drug-likeness (QED) is 0.688. The van der Waals surface area contributed by atoms with Gasteiger partial charge in [0.1, 0.15) is 6.54 Å². The van der Waals surface area contributed by atoms with E-state index in [1.807, 2.05) is 0 Å². The lowest BCUT2D eigenvalue weighted by atomic mass is 9.76. The summed E-state index contributed by atoms with van der Waals surface area (Å²) >= 11 is 0. The van der Waals surface area contributed by atoms with Crippen molar-refractivity contribution >= 4 is 5.69 Å². The van der Waals surface area contributed by atoms with E-state index in [1.54, 1.807) is 0 Å². The molecule has 1 aromatic rings. The van der Waals surface area contributed by atoms with Crippen LogP contribution in [0.25, 0.3) is 0 Å². The second-order valence-electron chi connectivity index (χ2n) is 5.23. The van der Waals surface area contributed by atoms with Gasteiger partial charge in [-0.25, -0.2) is 0 Å². The molecule has 2 unspecified atom stereocenters. The van der Waals surface area contributed by atoms with Crippen LogP contribution < -0.4 is 4.90 Å². The van der Waals surface area contributed by atoms with E-state index in [2.05, 4.69) is 35.2 Å². The third kappa shape index (κ3) is 1.80. The van der Waals surface area contributed by atoms with E-state index in [4.69, 9.17) is 5.26 Å². The molecule has 0 spiro atoms. The standard InChI is InChI=1S/C15H18N2/c16-9-10-17-14-7-3-1-5-12(14)11-13-6-2-4-8-15(13)17/h1,3,5,7,13,15H,2,4,6,8,10-11H2. The Morgan fingerprint density at radius 2 is 2.06 bits per heavy atom. The summed E-state index contributed by atoms with van der Waals surface area (Å²) in [5.41, 5.74) is 2.74. The minimum atomic E-state index is 0.540. The highest BCUT2D eigenvalue weighted by Crippen LogP contribution is 2.40. The number of hydrogen-bond acceptors (Lipinski definition) is 2. The van der Waals surface area contributed by atoms with Crippen molar-refractivity contribution in [1.29, 1.82) is 5.26 Å². The Morgan fingerprint density at radius 1 is 1.24 bits per heavy atom. The van der Waals surface area contributed by atoms with Gasteiger partial charge in [0.15, 0.2) is 0 Å². The zero-order valence-corrected chi connectivity index (χ0v) is 10.1. The monoisotopic (exact) mass is 226 g/mol. The molecule has 17 heavy (non-hydrogen) atoms. The second-order valence-corrected chi connectivity index (χ2v) is 5.23. The van der Waals surface area contributed by atoms with E-state index < -0.39 is 0 Å². The molecule has 1 aliphatic carbocycles. The number of hydrogen-bond donors (Lipinski definition) is 0. The highest BCUT2D eigenvalue weighted by atomic mass is 15.2. The highest BCUT2D eigenvalue weighted by molar-refractivity contribution is 5.57. The minimum Gasteiger partial charge on any atom is -0.355 e. The first-order chi connectivity index (χ1) is 8.40. The van der Waals surface area contributed by atoms with Crippen LogP contribution in [-0.2, 0) is 6.42 Å². The Hall–Kier alpha value is -1.49. The summed E-state index contributed by atoms with van der Waals surface area (Å²) in [6.07, 6.45) is 6.50. The lowest BCUT2D eigenvalue weighted by Gasteiger charge is -2.45. The molecule has 1 aliphatic heterocycles. The maximum atomic E-state index is 9.04. The minimum absolute atomic E-state index is 0.540. The maximum absolute atomic E-state index is 9.04. The fraction of sp³-hybridized carbons (Fsp3) is 0.533. The Bertz CT molecular complexity index is 446. The first-order valence-corrected chi connectivity index (χ1v) is 6.61. The molecule has 0 radical (unpaired) electrons. The van der Waals surface area contributed by atoms with Crippen LogP contribution in [0.3, 0.4) is 0 Å². The van der Waals surface area contributed by atoms with Crippen LogP contribution in [0.1, 0.15) is 31.2 Å². The van der Waals surface area contributed by atoms with E-state index in [0.717, 1.165) is 5.92 Å². The van der Waals surface area contributed by atoms with Gasteiger partial charge in [-0.05, 0) is 36.8 Å². The van der Waals surface area contributed by atoms with Gasteiger partial charge < -0.3 is 4.90 Å². The van der Waals surface area contributed by atoms with Gasteiger partial charge in [0, 0.05) is 11.7 Å². The van der Waals surface area contributed by atoms with Crippen LogP contribution in [-0.4, -0.2) is 12.6 Å². The van der Waals surface area contributed by atoms with Crippen LogP contribution in [0.4, 0.5) is 5.69 Å². The molecule has 1 fully saturated rings. The van der Waals surface area contributed by atoms with Crippen LogP contribution >= 0.6 is 0 Å². The van der Waals surface area contributed by atoms with Gasteiger partial charge in [0.2, 0.25) is 0 Å². The zero-order valence-electron chi connectivity index (χ0n) is 10.1.